The molecule has 4 nitrogen and oxygen atoms in total. The third kappa shape index (κ3) is 1.74. The molecule has 1 aliphatic carbocycles. The number of carbonyl (C=O) groups is 1. The van der Waals surface area contributed by atoms with Crippen LogP contribution in [0.15, 0.2) is 0 Å². The largest absolute Gasteiger partial charge is 0.479 e. The van der Waals surface area contributed by atoms with E-state index >= 15 is 0 Å². The second kappa shape index (κ2) is 3.68. The van der Waals surface area contributed by atoms with Crippen LogP contribution in [0.2, 0.25) is 0 Å². The second-order valence-electron chi connectivity index (χ2n) is 4.47. The number of carboxylic acids is 1. The average Bonchev–Trinajstić information content (AvgIpc) is 2.03. The van der Waals surface area contributed by atoms with Crippen LogP contribution in [0.5, 0.6) is 0 Å². The molecule has 0 aromatic rings. The Bertz CT molecular complexity index is 230. The van der Waals surface area contributed by atoms with Gasteiger partial charge in [-0.2, -0.15) is 0 Å². The van der Waals surface area contributed by atoms with Gasteiger partial charge < -0.3 is 15.5 Å². The van der Waals surface area contributed by atoms with Crippen LogP contribution in [0.25, 0.3) is 0 Å². The lowest BCUT2D eigenvalue weighted by molar-refractivity contribution is -0.189. The highest BCUT2D eigenvalue weighted by Crippen LogP contribution is 2.52. The van der Waals surface area contributed by atoms with Crippen LogP contribution in [-0.2, 0) is 4.79 Å². The van der Waals surface area contributed by atoms with E-state index in [1.807, 2.05) is 0 Å². The highest BCUT2D eigenvalue weighted by molar-refractivity contribution is 5.85. The monoisotopic (exact) mass is 221 g/mol. The molecule has 14 heavy (non-hydrogen) atoms. The quantitative estimate of drug-likeness (QED) is 0.599. The van der Waals surface area contributed by atoms with Crippen molar-refractivity contribution in [1.82, 2.24) is 5.32 Å². The SMILES string of the molecule is Cl.O=C(O)C1(O)CC2(CCCNC2)C1. The molecule has 3 N–H and O–H groups in total. The van der Waals surface area contributed by atoms with Crippen molar-refractivity contribution < 1.29 is 15.0 Å². The minimum atomic E-state index is -1.43. The summed E-state index contributed by atoms with van der Waals surface area (Å²) in [4.78, 5) is 10.7. The number of hydrogen-bond acceptors (Lipinski definition) is 3. The van der Waals surface area contributed by atoms with E-state index in [1.165, 1.54) is 0 Å². The summed E-state index contributed by atoms with van der Waals surface area (Å²) in [6, 6.07) is 0. The predicted molar refractivity (Wildman–Crippen MR) is 53.6 cm³/mol. The first-order chi connectivity index (χ1) is 6.06. The van der Waals surface area contributed by atoms with Crippen molar-refractivity contribution in [2.75, 3.05) is 13.1 Å². The molecule has 1 saturated heterocycles. The van der Waals surface area contributed by atoms with E-state index in [0.29, 0.717) is 12.8 Å². The number of aliphatic carboxylic acids is 1. The Morgan fingerprint density at radius 1 is 1.36 bits per heavy atom. The van der Waals surface area contributed by atoms with Gasteiger partial charge in [0.25, 0.3) is 0 Å². The van der Waals surface area contributed by atoms with Gasteiger partial charge in [0.05, 0.1) is 0 Å². The lowest BCUT2D eigenvalue weighted by atomic mass is 9.56. The Hall–Kier alpha value is -0.320. The molecule has 5 heteroatoms. The zero-order valence-corrected chi connectivity index (χ0v) is 8.77. The van der Waals surface area contributed by atoms with Gasteiger partial charge in [-0.15, -0.1) is 12.4 Å². The maximum atomic E-state index is 10.7. The Balaban J connectivity index is 0.000000980. The summed E-state index contributed by atoms with van der Waals surface area (Å²) in [7, 11) is 0. The number of carboxylic acid groups (broad SMARTS) is 1. The topological polar surface area (TPSA) is 69.6 Å². The zero-order chi connectivity index (χ0) is 9.53. The molecule has 1 spiro atoms. The summed E-state index contributed by atoms with van der Waals surface area (Å²) >= 11 is 0. The summed E-state index contributed by atoms with van der Waals surface area (Å²) in [5, 5.41) is 21.6. The van der Waals surface area contributed by atoms with Crippen LogP contribution in [0.3, 0.4) is 0 Å². The van der Waals surface area contributed by atoms with Crippen LogP contribution >= 0.6 is 12.4 Å². The molecule has 1 saturated carbocycles. The van der Waals surface area contributed by atoms with Crippen molar-refractivity contribution in [3.63, 3.8) is 0 Å². The summed E-state index contributed by atoms with van der Waals surface area (Å²) in [6.07, 6.45) is 2.98. The van der Waals surface area contributed by atoms with Crippen molar-refractivity contribution in [1.29, 1.82) is 0 Å². The van der Waals surface area contributed by atoms with E-state index in [2.05, 4.69) is 5.32 Å². The first-order valence-corrected chi connectivity index (χ1v) is 4.73. The maximum absolute atomic E-state index is 10.7. The second-order valence-corrected chi connectivity index (χ2v) is 4.47. The number of hydrogen-bond donors (Lipinski definition) is 3. The van der Waals surface area contributed by atoms with Crippen molar-refractivity contribution in [3.05, 3.63) is 0 Å². The molecule has 0 aromatic carbocycles. The molecule has 82 valence electrons. The number of nitrogens with one attached hydrogen (secondary N) is 1. The Morgan fingerprint density at radius 2 is 2.00 bits per heavy atom. The summed E-state index contributed by atoms with van der Waals surface area (Å²) < 4.78 is 0. The van der Waals surface area contributed by atoms with E-state index in [-0.39, 0.29) is 17.8 Å². The van der Waals surface area contributed by atoms with Crippen LogP contribution < -0.4 is 5.32 Å². The van der Waals surface area contributed by atoms with E-state index in [9.17, 15) is 9.90 Å². The fourth-order valence-electron chi connectivity index (χ4n) is 2.67. The number of rotatable bonds is 1. The lowest BCUT2D eigenvalue weighted by Gasteiger charge is -2.53. The van der Waals surface area contributed by atoms with E-state index in [1.54, 1.807) is 0 Å². The van der Waals surface area contributed by atoms with Crippen molar-refractivity contribution in [2.45, 2.75) is 31.3 Å². The van der Waals surface area contributed by atoms with Crippen molar-refractivity contribution in [3.8, 4) is 0 Å². The molecule has 0 bridgehead atoms. The Morgan fingerprint density at radius 3 is 2.43 bits per heavy atom. The molecule has 0 aromatic heterocycles. The molecule has 2 rings (SSSR count). The smallest absolute Gasteiger partial charge is 0.335 e. The first-order valence-electron chi connectivity index (χ1n) is 4.73. The Kier molecular flexibility index (Phi) is 3.09. The predicted octanol–water partition coefficient (Wildman–Crippen LogP) is 0.387. The number of aliphatic hydroxyl groups is 1. The maximum Gasteiger partial charge on any atom is 0.335 e. The fourth-order valence-corrected chi connectivity index (χ4v) is 2.67. The number of piperidine rings is 1. The van der Waals surface area contributed by atoms with Gasteiger partial charge in [-0.3, -0.25) is 0 Å². The van der Waals surface area contributed by atoms with Gasteiger partial charge in [-0.1, -0.05) is 0 Å². The van der Waals surface area contributed by atoms with Gasteiger partial charge >= 0.3 is 5.97 Å². The highest BCUT2D eigenvalue weighted by atomic mass is 35.5. The molecular formula is C9H16ClNO3. The van der Waals surface area contributed by atoms with Gasteiger partial charge in [0.15, 0.2) is 5.60 Å². The van der Waals surface area contributed by atoms with Crippen LogP contribution in [0.1, 0.15) is 25.7 Å². The summed E-state index contributed by atoms with van der Waals surface area (Å²) in [6.45, 7) is 1.88. The molecule has 1 heterocycles. The number of halogens is 1. The minimum Gasteiger partial charge on any atom is -0.479 e. The highest BCUT2D eigenvalue weighted by Gasteiger charge is 2.58. The summed E-state index contributed by atoms with van der Waals surface area (Å²) in [5.74, 6) is -1.07. The molecule has 0 unspecified atom stereocenters. The normalized spacial score (nSPS) is 41.2. The fraction of sp³-hybridized carbons (Fsp3) is 0.889. The van der Waals surface area contributed by atoms with Crippen LogP contribution in [0.4, 0.5) is 0 Å². The van der Waals surface area contributed by atoms with Crippen molar-refractivity contribution in [2.24, 2.45) is 5.41 Å². The average molecular weight is 222 g/mol. The van der Waals surface area contributed by atoms with E-state index < -0.39 is 11.6 Å². The van der Waals surface area contributed by atoms with Gasteiger partial charge in [0, 0.05) is 6.54 Å². The van der Waals surface area contributed by atoms with E-state index in [4.69, 9.17) is 5.11 Å². The van der Waals surface area contributed by atoms with Gasteiger partial charge in [0.1, 0.15) is 0 Å². The third-order valence-corrected chi connectivity index (χ3v) is 3.29. The van der Waals surface area contributed by atoms with Crippen LogP contribution in [0, 0.1) is 5.41 Å². The van der Waals surface area contributed by atoms with Gasteiger partial charge in [0.2, 0.25) is 0 Å². The zero-order valence-electron chi connectivity index (χ0n) is 7.95. The molecular weight excluding hydrogens is 206 g/mol. The van der Waals surface area contributed by atoms with E-state index in [0.717, 1.165) is 25.9 Å². The molecule has 2 aliphatic rings. The summed E-state index contributed by atoms with van der Waals surface area (Å²) in [5.41, 5.74) is -1.36. The van der Waals surface area contributed by atoms with Crippen molar-refractivity contribution >= 4 is 18.4 Å². The Labute approximate surface area is 89.1 Å². The molecule has 2 fully saturated rings. The molecule has 0 atom stereocenters. The first kappa shape index (κ1) is 11.8. The van der Waals surface area contributed by atoms with Gasteiger partial charge in [-0.05, 0) is 37.6 Å². The molecule has 1 aliphatic heterocycles. The van der Waals surface area contributed by atoms with Crippen LogP contribution in [-0.4, -0.2) is 34.9 Å². The molecule has 0 radical (unpaired) electrons. The minimum absolute atomic E-state index is 0. The third-order valence-electron chi connectivity index (χ3n) is 3.29. The standard InChI is InChI=1S/C9H15NO3.ClH/c11-7(12)9(13)4-8(5-9)2-1-3-10-6-8;/h10,13H,1-6H2,(H,11,12);1H. The lowest BCUT2D eigenvalue weighted by Crippen LogP contribution is -2.61. The molecule has 0 amide bonds. The van der Waals surface area contributed by atoms with Gasteiger partial charge in [-0.25, -0.2) is 4.79 Å².